The number of carbonyl (C=O) groups is 4. The van der Waals surface area contributed by atoms with Gasteiger partial charge in [0.25, 0.3) is 0 Å². The third kappa shape index (κ3) is 7.24. The van der Waals surface area contributed by atoms with E-state index in [1.54, 1.807) is 72.8 Å². The minimum Gasteiger partial charge on any atom is -0.465 e. The summed E-state index contributed by atoms with van der Waals surface area (Å²) in [6, 6.07) is 28.1. The number of rotatable bonds is 7. The monoisotopic (exact) mass is 846 g/mol. The van der Waals surface area contributed by atoms with Crippen molar-refractivity contribution in [2.75, 3.05) is 14.2 Å². The number of hydrogen-bond donors (Lipinski definition) is 0. The summed E-state index contributed by atoms with van der Waals surface area (Å²) in [6.07, 6.45) is 0. The van der Waals surface area contributed by atoms with Crippen molar-refractivity contribution in [3.05, 3.63) is 130 Å². The summed E-state index contributed by atoms with van der Waals surface area (Å²) in [5, 5.41) is 2.26. The van der Waals surface area contributed by atoms with E-state index < -0.39 is 51.9 Å². The summed E-state index contributed by atoms with van der Waals surface area (Å²) < 4.78 is 48.3. The molecule has 2 atom stereocenters. The molecule has 2 aliphatic heterocycles. The number of carbonyl (C=O) groups excluding carboxylic acids is 4. The molecule has 0 amide bonds. The van der Waals surface area contributed by atoms with E-state index in [0.717, 1.165) is 11.1 Å². The summed E-state index contributed by atoms with van der Waals surface area (Å²) in [6.45, 7) is 11.9. The Morgan fingerprint density at radius 1 is 0.517 bits per heavy atom. The van der Waals surface area contributed by atoms with Crippen LogP contribution in [0.2, 0.25) is 0 Å². The molecule has 6 aromatic rings. The molecule has 8 rings (SSSR count). The summed E-state index contributed by atoms with van der Waals surface area (Å²) in [5.74, 6) is -2.50. The van der Waals surface area contributed by atoms with E-state index in [4.69, 9.17) is 36.6 Å². The van der Waals surface area contributed by atoms with Crippen molar-refractivity contribution in [2.45, 2.75) is 52.4 Å². The Kier molecular flexibility index (Phi) is 10.4. The molecule has 0 radical (unpaired) electrons. The predicted octanol–water partition coefficient (Wildman–Crippen LogP) is 11.5. The van der Waals surface area contributed by atoms with Crippen LogP contribution in [0.5, 0.6) is 23.0 Å². The lowest BCUT2D eigenvalue weighted by molar-refractivity contribution is 0.0588. The molecule has 0 aliphatic carbocycles. The van der Waals surface area contributed by atoms with Crippen LogP contribution in [0.4, 0.5) is 0 Å². The number of esters is 2. The second-order valence-electron chi connectivity index (χ2n) is 16.1. The lowest BCUT2D eigenvalue weighted by Gasteiger charge is -2.30. The molecule has 0 saturated carbocycles. The van der Waals surface area contributed by atoms with Crippen LogP contribution < -0.4 is 18.1 Å². The molecule has 0 N–H and O–H groups in total. The van der Waals surface area contributed by atoms with Crippen LogP contribution in [-0.2, 0) is 29.4 Å². The van der Waals surface area contributed by atoms with Gasteiger partial charge in [0, 0.05) is 22.3 Å². The van der Waals surface area contributed by atoms with Crippen LogP contribution in [0, 0.1) is 0 Å². The van der Waals surface area contributed by atoms with E-state index in [-0.39, 0.29) is 44.9 Å². The van der Waals surface area contributed by atoms with E-state index in [2.05, 4.69) is 0 Å². The molecule has 14 heteroatoms. The van der Waals surface area contributed by atoms with Gasteiger partial charge in [0.2, 0.25) is 0 Å². The summed E-state index contributed by atoms with van der Waals surface area (Å²) >= 11 is 0. The number of benzene rings is 6. The van der Waals surface area contributed by atoms with Crippen molar-refractivity contribution in [3.8, 4) is 34.1 Å². The molecular formula is C46H40O12P2. The van der Waals surface area contributed by atoms with Gasteiger partial charge in [-0.25, -0.2) is 19.2 Å². The van der Waals surface area contributed by atoms with E-state index >= 15 is 0 Å². The van der Waals surface area contributed by atoms with Gasteiger partial charge in [-0.15, -0.1) is 0 Å². The number of hydrogen-bond acceptors (Lipinski definition) is 12. The molecule has 0 bridgehead atoms. The molecule has 60 heavy (non-hydrogen) atoms. The standard InChI is InChI=1S/C46H40O12P2/c1-45(2,3)33-21-13-19-29-37(33)53-59(57-43(29)49)55-39-31(41(47)51-7)23-25-15-9-11-17-27(25)35(39)36-28-18-12-10-16-26(28)24-32(42(48)52-8)40(36)56-60-54-38-30(44(50)58-60)20-14-22-34(38)46(4,5)6/h9-24H,1-8H3. The smallest absolute Gasteiger partial charge is 0.465 e. The first kappa shape index (κ1) is 40.6. The van der Waals surface area contributed by atoms with Gasteiger partial charge in [-0.05, 0) is 56.6 Å². The second kappa shape index (κ2) is 15.4. The Bertz CT molecular complexity index is 2580. The minimum absolute atomic E-state index is 0.0449. The van der Waals surface area contributed by atoms with Gasteiger partial charge in [0.15, 0.2) is 11.5 Å². The number of methoxy groups -OCH3 is 2. The van der Waals surface area contributed by atoms with Gasteiger partial charge in [-0.3, -0.25) is 0 Å². The van der Waals surface area contributed by atoms with Crippen molar-refractivity contribution in [1.29, 1.82) is 0 Å². The normalized spacial score (nSPS) is 16.1. The molecule has 0 aromatic heterocycles. The summed E-state index contributed by atoms with van der Waals surface area (Å²) in [5.41, 5.74) is 1.47. The maximum atomic E-state index is 13.9. The molecule has 6 aromatic carbocycles. The first-order valence-corrected chi connectivity index (χ1v) is 21.1. The van der Waals surface area contributed by atoms with Crippen molar-refractivity contribution >= 4 is 62.6 Å². The Morgan fingerprint density at radius 3 is 1.27 bits per heavy atom. The molecular weight excluding hydrogens is 806 g/mol. The molecule has 306 valence electrons. The SMILES string of the molecule is COC(=O)c1cc2ccccc2c(-c2c(OP3OC(=O)c4cccc(C(C)(C)C)c4O3)c(C(=O)OC)cc3ccccc23)c1OP1OC(=O)c2cccc(C(C)(C)C)c2O1. The first-order valence-electron chi connectivity index (χ1n) is 18.9. The zero-order chi connectivity index (χ0) is 42.7. The van der Waals surface area contributed by atoms with Crippen LogP contribution in [0.25, 0.3) is 32.7 Å². The number of para-hydroxylation sites is 2. The van der Waals surface area contributed by atoms with Gasteiger partial charge in [-0.1, -0.05) is 114 Å². The molecule has 0 fully saturated rings. The fourth-order valence-corrected chi connectivity index (χ4v) is 9.34. The van der Waals surface area contributed by atoms with Crippen LogP contribution in [0.15, 0.2) is 97.1 Å². The van der Waals surface area contributed by atoms with Crippen LogP contribution >= 0.6 is 17.2 Å². The van der Waals surface area contributed by atoms with Gasteiger partial charge >= 0.3 is 41.1 Å². The highest BCUT2D eigenvalue weighted by molar-refractivity contribution is 7.43. The minimum atomic E-state index is -2.57. The van der Waals surface area contributed by atoms with Crippen LogP contribution in [-0.4, -0.2) is 38.1 Å². The molecule has 2 unspecified atom stereocenters. The zero-order valence-electron chi connectivity index (χ0n) is 34.0. The highest BCUT2D eigenvalue weighted by Crippen LogP contribution is 2.58. The largest absolute Gasteiger partial charge is 0.532 e. The highest BCUT2D eigenvalue weighted by atomic mass is 31.2. The Labute approximate surface area is 348 Å². The summed E-state index contributed by atoms with van der Waals surface area (Å²) in [7, 11) is -2.67. The lowest BCUT2D eigenvalue weighted by Crippen LogP contribution is -2.21. The van der Waals surface area contributed by atoms with Crippen LogP contribution in [0.3, 0.4) is 0 Å². The molecule has 2 aliphatic rings. The third-order valence-electron chi connectivity index (χ3n) is 10.1. The average Bonchev–Trinajstić information content (AvgIpc) is 3.21. The molecule has 2 heterocycles. The van der Waals surface area contributed by atoms with Crippen molar-refractivity contribution in [2.24, 2.45) is 0 Å². The fraction of sp³-hybridized carbons (Fsp3) is 0.217. The van der Waals surface area contributed by atoms with E-state index in [0.29, 0.717) is 33.0 Å². The summed E-state index contributed by atoms with van der Waals surface area (Å²) in [4.78, 5) is 55.0. The quantitative estimate of drug-likeness (QED) is 0.111. The average molecular weight is 847 g/mol. The predicted molar refractivity (Wildman–Crippen MR) is 227 cm³/mol. The molecule has 12 nitrogen and oxygen atoms in total. The second-order valence-corrected chi connectivity index (χ2v) is 18.1. The highest BCUT2D eigenvalue weighted by Gasteiger charge is 2.41. The Balaban J connectivity index is 1.40. The maximum absolute atomic E-state index is 13.9. The maximum Gasteiger partial charge on any atom is 0.532 e. The van der Waals surface area contributed by atoms with Crippen molar-refractivity contribution in [1.82, 2.24) is 0 Å². The number of ether oxygens (including phenoxy) is 2. The van der Waals surface area contributed by atoms with Crippen molar-refractivity contribution in [3.63, 3.8) is 0 Å². The molecule has 0 spiro atoms. The first-order chi connectivity index (χ1) is 28.6. The van der Waals surface area contributed by atoms with E-state index in [9.17, 15) is 19.2 Å². The van der Waals surface area contributed by atoms with Crippen molar-refractivity contribution < 1.29 is 55.8 Å². The molecule has 0 saturated heterocycles. The lowest BCUT2D eigenvalue weighted by atomic mass is 9.85. The Hall–Kier alpha value is -6.22. The number of fused-ring (bicyclic) bond motifs is 4. The van der Waals surface area contributed by atoms with Gasteiger partial charge in [0.05, 0.1) is 14.2 Å². The van der Waals surface area contributed by atoms with Gasteiger partial charge in [-0.2, -0.15) is 0 Å². The topological polar surface area (TPSA) is 142 Å². The van der Waals surface area contributed by atoms with E-state index in [1.165, 1.54) is 14.2 Å². The Morgan fingerprint density at radius 2 is 0.900 bits per heavy atom. The van der Waals surface area contributed by atoms with Gasteiger partial charge < -0.3 is 36.6 Å². The third-order valence-corrected chi connectivity index (χ3v) is 12.1. The van der Waals surface area contributed by atoms with Gasteiger partial charge in [0.1, 0.15) is 33.8 Å². The fourth-order valence-electron chi connectivity index (χ4n) is 7.28. The zero-order valence-corrected chi connectivity index (χ0v) is 35.8. The van der Waals surface area contributed by atoms with E-state index in [1.807, 2.05) is 65.8 Å². The van der Waals surface area contributed by atoms with Crippen LogP contribution in [0.1, 0.15) is 94.1 Å².